The number of amides is 1. The molecule has 32 heavy (non-hydrogen) atoms. The molecule has 9 nitrogen and oxygen atoms in total. The third-order valence-corrected chi connectivity index (χ3v) is 5.51. The molecule has 1 aromatic heterocycles. The van der Waals surface area contributed by atoms with Gasteiger partial charge in [-0.15, -0.1) is 0 Å². The van der Waals surface area contributed by atoms with E-state index < -0.39 is 17.9 Å². The van der Waals surface area contributed by atoms with E-state index in [0.717, 1.165) is 30.5 Å². The van der Waals surface area contributed by atoms with Gasteiger partial charge in [0.1, 0.15) is 6.04 Å². The Balaban J connectivity index is 1.52. The van der Waals surface area contributed by atoms with Crippen LogP contribution < -0.4 is 22.1 Å². The van der Waals surface area contributed by atoms with Gasteiger partial charge in [0, 0.05) is 24.8 Å². The van der Waals surface area contributed by atoms with E-state index in [0.29, 0.717) is 25.1 Å². The Morgan fingerprint density at radius 2 is 2.00 bits per heavy atom. The summed E-state index contributed by atoms with van der Waals surface area (Å²) in [5, 5.41) is 15.5. The lowest BCUT2D eigenvalue weighted by atomic mass is 9.92. The largest absolute Gasteiger partial charge is 0.480 e. The van der Waals surface area contributed by atoms with Gasteiger partial charge in [-0.25, -0.2) is 4.79 Å². The Kier molecular flexibility index (Phi) is 8.15. The second-order valence-corrected chi connectivity index (χ2v) is 7.88. The average Bonchev–Trinajstić information content (AvgIpc) is 2.79. The number of carbonyl (C=O) groups is 2. The molecule has 0 spiro atoms. The predicted molar refractivity (Wildman–Crippen MR) is 122 cm³/mol. The number of carboxylic acids is 1. The molecule has 0 saturated carbocycles. The Hall–Kier alpha value is -3.46. The minimum absolute atomic E-state index is 0.0422. The van der Waals surface area contributed by atoms with Gasteiger partial charge in [0.15, 0.2) is 5.96 Å². The molecular weight excluding hydrogens is 408 g/mol. The quantitative estimate of drug-likeness (QED) is 0.214. The molecule has 1 unspecified atom stereocenters. The third kappa shape index (κ3) is 6.52. The van der Waals surface area contributed by atoms with Crippen molar-refractivity contribution in [3.05, 3.63) is 65.0 Å². The lowest BCUT2D eigenvalue weighted by Crippen LogP contribution is -2.40. The molecule has 7 N–H and O–H groups in total. The standard InChI is InChI=1S/C23H30N6O3/c24-23(25)27-13-3-7-19(22(31)32)29-21(30)17-10-8-15(9-11-17)14-28-18-6-1-4-16-5-2-12-26-20(16)18/h2,5,8-12,18-19,28H,1,3-4,6-7,13-14H2,(H,29,30)(H,31,32)(H4,24,25,27)/t18?,19-/m0/s1. The second kappa shape index (κ2) is 11.2. The van der Waals surface area contributed by atoms with Crippen molar-refractivity contribution in [2.75, 3.05) is 6.54 Å². The number of aromatic nitrogens is 1. The molecule has 3 rings (SSSR count). The van der Waals surface area contributed by atoms with Crippen molar-refractivity contribution >= 4 is 17.8 Å². The summed E-state index contributed by atoms with van der Waals surface area (Å²) in [6, 6.07) is 10.5. The van der Waals surface area contributed by atoms with Crippen molar-refractivity contribution in [3.8, 4) is 0 Å². The highest BCUT2D eigenvalue weighted by atomic mass is 16.4. The number of pyridine rings is 1. The molecule has 1 heterocycles. The first-order valence-corrected chi connectivity index (χ1v) is 10.8. The Morgan fingerprint density at radius 3 is 2.72 bits per heavy atom. The summed E-state index contributed by atoms with van der Waals surface area (Å²) in [6.07, 6.45) is 5.75. The van der Waals surface area contributed by atoms with Crippen LogP contribution in [0.25, 0.3) is 0 Å². The fourth-order valence-corrected chi connectivity index (χ4v) is 3.83. The number of fused-ring (bicyclic) bond motifs is 1. The fraction of sp³-hybridized carbons (Fsp3) is 0.391. The topological polar surface area (TPSA) is 156 Å². The van der Waals surface area contributed by atoms with Crippen molar-refractivity contribution in [2.24, 2.45) is 16.5 Å². The number of carbonyl (C=O) groups excluding carboxylic acids is 1. The summed E-state index contributed by atoms with van der Waals surface area (Å²) >= 11 is 0. The lowest BCUT2D eigenvalue weighted by molar-refractivity contribution is -0.139. The van der Waals surface area contributed by atoms with Gasteiger partial charge >= 0.3 is 5.97 Å². The van der Waals surface area contributed by atoms with Gasteiger partial charge < -0.3 is 27.2 Å². The Morgan fingerprint density at radius 1 is 1.22 bits per heavy atom. The molecule has 170 valence electrons. The smallest absolute Gasteiger partial charge is 0.326 e. The zero-order valence-electron chi connectivity index (χ0n) is 18.0. The Labute approximate surface area is 187 Å². The van der Waals surface area contributed by atoms with E-state index in [1.54, 1.807) is 12.1 Å². The number of guanidine groups is 1. The number of aryl methyl sites for hydroxylation is 1. The van der Waals surface area contributed by atoms with Crippen LogP contribution in [0.2, 0.25) is 0 Å². The van der Waals surface area contributed by atoms with Crippen LogP contribution in [-0.2, 0) is 17.8 Å². The summed E-state index contributed by atoms with van der Waals surface area (Å²) in [6.45, 7) is 0.968. The number of aliphatic imine (C=N–C) groups is 1. The van der Waals surface area contributed by atoms with Crippen molar-refractivity contribution in [3.63, 3.8) is 0 Å². The number of aliphatic carboxylic acids is 1. The molecule has 0 saturated heterocycles. The average molecular weight is 439 g/mol. The molecule has 2 atom stereocenters. The van der Waals surface area contributed by atoms with Gasteiger partial charge in [-0.2, -0.15) is 0 Å². The Bertz CT molecular complexity index is 956. The van der Waals surface area contributed by atoms with Crippen LogP contribution in [0.4, 0.5) is 0 Å². The van der Waals surface area contributed by atoms with Crippen molar-refractivity contribution in [1.29, 1.82) is 0 Å². The van der Waals surface area contributed by atoms with Gasteiger partial charge in [-0.1, -0.05) is 18.2 Å². The minimum Gasteiger partial charge on any atom is -0.480 e. The van der Waals surface area contributed by atoms with E-state index in [1.807, 2.05) is 24.4 Å². The number of rotatable bonds is 10. The zero-order valence-corrected chi connectivity index (χ0v) is 18.0. The first kappa shape index (κ1) is 23.2. The monoisotopic (exact) mass is 438 g/mol. The van der Waals surface area contributed by atoms with Gasteiger partial charge in [0.2, 0.25) is 0 Å². The molecular formula is C23H30N6O3. The number of hydrogen-bond donors (Lipinski definition) is 5. The summed E-state index contributed by atoms with van der Waals surface area (Å²) in [7, 11) is 0. The molecule has 0 aliphatic heterocycles. The summed E-state index contributed by atoms with van der Waals surface area (Å²) < 4.78 is 0. The number of benzene rings is 1. The highest BCUT2D eigenvalue weighted by Gasteiger charge is 2.21. The molecule has 1 aromatic carbocycles. The SMILES string of the molecule is NC(N)=NCCC[C@H](NC(=O)c1ccc(CNC2CCCc3cccnc32)cc1)C(=O)O. The maximum atomic E-state index is 12.5. The summed E-state index contributed by atoms with van der Waals surface area (Å²) in [5.74, 6) is -1.56. The van der Waals surface area contributed by atoms with Crippen LogP contribution in [0.3, 0.4) is 0 Å². The van der Waals surface area contributed by atoms with Crippen molar-refractivity contribution < 1.29 is 14.7 Å². The van der Waals surface area contributed by atoms with Crippen LogP contribution in [-0.4, -0.2) is 40.5 Å². The molecule has 1 aliphatic carbocycles. The maximum Gasteiger partial charge on any atom is 0.326 e. The fourth-order valence-electron chi connectivity index (χ4n) is 3.83. The van der Waals surface area contributed by atoms with Crippen molar-refractivity contribution in [2.45, 2.75) is 50.7 Å². The second-order valence-electron chi connectivity index (χ2n) is 7.88. The highest BCUT2D eigenvalue weighted by molar-refractivity contribution is 5.96. The summed E-state index contributed by atoms with van der Waals surface area (Å²) in [4.78, 5) is 32.3. The number of nitrogens with zero attached hydrogens (tertiary/aromatic N) is 2. The first-order valence-electron chi connectivity index (χ1n) is 10.8. The van der Waals surface area contributed by atoms with E-state index in [9.17, 15) is 14.7 Å². The lowest BCUT2D eigenvalue weighted by Gasteiger charge is -2.25. The van der Waals surface area contributed by atoms with E-state index >= 15 is 0 Å². The normalized spacial score (nSPS) is 15.9. The molecule has 2 aromatic rings. The van der Waals surface area contributed by atoms with Crippen molar-refractivity contribution in [1.82, 2.24) is 15.6 Å². The number of nitrogens with one attached hydrogen (secondary N) is 2. The molecule has 0 fully saturated rings. The van der Waals surface area contributed by atoms with E-state index in [1.165, 1.54) is 5.56 Å². The van der Waals surface area contributed by atoms with Crippen LogP contribution >= 0.6 is 0 Å². The highest BCUT2D eigenvalue weighted by Crippen LogP contribution is 2.27. The third-order valence-electron chi connectivity index (χ3n) is 5.51. The van der Waals surface area contributed by atoms with E-state index in [-0.39, 0.29) is 18.4 Å². The minimum atomic E-state index is -1.09. The van der Waals surface area contributed by atoms with E-state index in [2.05, 4.69) is 26.7 Å². The van der Waals surface area contributed by atoms with Gasteiger partial charge in [-0.05, 0) is 61.4 Å². The molecule has 9 heteroatoms. The number of carboxylic acid groups (broad SMARTS) is 1. The zero-order chi connectivity index (χ0) is 22.9. The van der Waals surface area contributed by atoms with Crippen LogP contribution in [0.15, 0.2) is 47.6 Å². The van der Waals surface area contributed by atoms with Crippen LogP contribution in [0.1, 0.15) is 58.9 Å². The maximum absolute atomic E-state index is 12.5. The van der Waals surface area contributed by atoms with E-state index in [4.69, 9.17) is 11.5 Å². The summed E-state index contributed by atoms with van der Waals surface area (Å²) in [5.41, 5.74) is 14.4. The van der Waals surface area contributed by atoms with Gasteiger partial charge in [0.25, 0.3) is 5.91 Å². The van der Waals surface area contributed by atoms with Crippen LogP contribution in [0, 0.1) is 0 Å². The first-order chi connectivity index (χ1) is 15.4. The number of nitrogens with two attached hydrogens (primary N) is 2. The molecule has 0 bridgehead atoms. The van der Waals surface area contributed by atoms with Crippen LogP contribution in [0.5, 0.6) is 0 Å². The number of hydrogen-bond acceptors (Lipinski definition) is 5. The molecule has 1 amide bonds. The molecule has 1 aliphatic rings. The molecule has 0 radical (unpaired) electrons. The predicted octanol–water partition coefficient (Wildman–Crippen LogP) is 1.49. The van der Waals surface area contributed by atoms with Gasteiger partial charge in [-0.3, -0.25) is 14.8 Å². The van der Waals surface area contributed by atoms with Gasteiger partial charge in [0.05, 0.1) is 11.7 Å².